The third-order valence-corrected chi connectivity index (χ3v) is 3.45. The van der Waals surface area contributed by atoms with Crippen LogP contribution in [0.5, 0.6) is 5.75 Å². The van der Waals surface area contributed by atoms with Crippen molar-refractivity contribution in [1.29, 1.82) is 0 Å². The topological polar surface area (TPSA) is 109 Å². The Hall–Kier alpha value is -3.36. The summed E-state index contributed by atoms with van der Waals surface area (Å²) in [5.74, 6) is -1.09. The molecule has 0 saturated heterocycles. The van der Waals surface area contributed by atoms with Gasteiger partial charge in [-0.1, -0.05) is 12.1 Å². The summed E-state index contributed by atoms with van der Waals surface area (Å²) < 4.78 is 12.0. The van der Waals surface area contributed by atoms with Gasteiger partial charge in [0.1, 0.15) is 17.1 Å². The Bertz CT molecular complexity index is 928. The Morgan fingerprint density at radius 3 is 2.48 bits per heavy atom. The van der Waals surface area contributed by atoms with Crippen molar-refractivity contribution < 1.29 is 19.1 Å². The minimum Gasteiger partial charge on any atom is -0.496 e. The number of amides is 1. The predicted octanol–water partition coefficient (Wildman–Crippen LogP) is -0.112. The molecule has 9 heteroatoms. The van der Waals surface area contributed by atoms with Crippen LogP contribution >= 0.6 is 0 Å². The molecule has 0 fully saturated rings. The van der Waals surface area contributed by atoms with Gasteiger partial charge in [0.15, 0.2) is 6.61 Å². The van der Waals surface area contributed by atoms with Crippen LogP contribution in [0.1, 0.15) is 10.4 Å². The molecule has 0 aliphatic heterocycles. The number of carbonyl (C=O) groups excluding carboxylic acids is 2. The average Bonchev–Trinajstić information content (AvgIpc) is 2.62. The molecule has 0 bridgehead atoms. The van der Waals surface area contributed by atoms with Gasteiger partial charge in [0.05, 0.1) is 7.11 Å². The lowest BCUT2D eigenvalue weighted by Gasteiger charge is -2.11. The molecule has 1 amide bonds. The van der Waals surface area contributed by atoms with E-state index in [1.54, 1.807) is 18.2 Å². The summed E-state index contributed by atoms with van der Waals surface area (Å²) in [7, 11) is 4.14. The third-order valence-electron chi connectivity index (χ3n) is 3.45. The van der Waals surface area contributed by atoms with Gasteiger partial charge in [-0.25, -0.2) is 9.59 Å². The van der Waals surface area contributed by atoms with E-state index >= 15 is 0 Å². The van der Waals surface area contributed by atoms with Crippen LogP contribution in [0.2, 0.25) is 0 Å². The van der Waals surface area contributed by atoms with Gasteiger partial charge in [0.2, 0.25) is 0 Å². The molecule has 1 aromatic carbocycles. The molecule has 1 aromatic heterocycles. The van der Waals surface area contributed by atoms with Crippen LogP contribution in [0.15, 0.2) is 39.9 Å². The zero-order valence-electron chi connectivity index (χ0n) is 13.9. The Morgan fingerprint density at radius 1 is 1.12 bits per heavy atom. The summed E-state index contributed by atoms with van der Waals surface area (Å²) in [5.41, 5.74) is -0.975. The van der Waals surface area contributed by atoms with Crippen molar-refractivity contribution in [1.82, 2.24) is 9.13 Å². The van der Waals surface area contributed by atoms with E-state index < -0.39 is 29.7 Å². The van der Waals surface area contributed by atoms with Gasteiger partial charge in [0.25, 0.3) is 11.5 Å². The first-order valence-corrected chi connectivity index (χ1v) is 7.22. The molecule has 1 N–H and O–H groups in total. The van der Waals surface area contributed by atoms with Crippen LogP contribution in [-0.2, 0) is 23.6 Å². The van der Waals surface area contributed by atoms with E-state index in [0.29, 0.717) is 5.75 Å². The van der Waals surface area contributed by atoms with Gasteiger partial charge in [-0.05, 0) is 12.1 Å². The fraction of sp³-hybridized carbons (Fsp3) is 0.250. The summed E-state index contributed by atoms with van der Waals surface area (Å²) in [6, 6.07) is 7.52. The summed E-state index contributed by atoms with van der Waals surface area (Å²) in [6.07, 6.45) is 0. The first-order valence-electron chi connectivity index (χ1n) is 7.22. The van der Waals surface area contributed by atoms with Gasteiger partial charge in [-0.3, -0.25) is 18.7 Å². The molecule has 9 nitrogen and oxygen atoms in total. The SMILES string of the molecule is COc1ccccc1C(=O)OCC(=O)Nc1cc(=O)n(C)c(=O)n1C. The fourth-order valence-corrected chi connectivity index (χ4v) is 2.05. The molecular formula is C16H17N3O6. The molecule has 0 unspecified atom stereocenters. The molecule has 2 aromatic rings. The molecule has 25 heavy (non-hydrogen) atoms. The molecule has 0 aliphatic carbocycles. The number of anilines is 1. The number of esters is 1. The third kappa shape index (κ3) is 3.94. The highest BCUT2D eigenvalue weighted by Crippen LogP contribution is 2.18. The van der Waals surface area contributed by atoms with E-state index in [9.17, 15) is 19.2 Å². The van der Waals surface area contributed by atoms with E-state index in [1.807, 2.05) is 0 Å². The number of carbonyl (C=O) groups is 2. The minimum absolute atomic E-state index is 0.00596. The van der Waals surface area contributed by atoms with E-state index in [0.717, 1.165) is 15.2 Å². The number of hydrogen-bond donors (Lipinski definition) is 1. The minimum atomic E-state index is -0.731. The normalized spacial score (nSPS) is 10.2. The molecule has 0 radical (unpaired) electrons. The number of para-hydroxylation sites is 1. The van der Waals surface area contributed by atoms with E-state index in [4.69, 9.17) is 9.47 Å². The van der Waals surface area contributed by atoms with Crippen molar-refractivity contribution >= 4 is 17.7 Å². The van der Waals surface area contributed by atoms with Crippen molar-refractivity contribution in [3.05, 3.63) is 56.7 Å². The maximum absolute atomic E-state index is 12.0. The molecule has 1 heterocycles. The van der Waals surface area contributed by atoms with Crippen LogP contribution in [-0.4, -0.2) is 34.7 Å². The average molecular weight is 347 g/mol. The first kappa shape index (κ1) is 18.0. The lowest BCUT2D eigenvalue weighted by atomic mass is 10.2. The van der Waals surface area contributed by atoms with Gasteiger partial charge < -0.3 is 14.8 Å². The molecule has 0 saturated carbocycles. The zero-order chi connectivity index (χ0) is 18.6. The van der Waals surface area contributed by atoms with Crippen LogP contribution < -0.4 is 21.3 Å². The van der Waals surface area contributed by atoms with E-state index in [-0.39, 0.29) is 11.4 Å². The van der Waals surface area contributed by atoms with E-state index in [1.165, 1.54) is 27.3 Å². The van der Waals surface area contributed by atoms with Crippen LogP contribution in [0.25, 0.3) is 0 Å². The number of benzene rings is 1. The summed E-state index contributed by atoms with van der Waals surface area (Å²) in [6.45, 7) is -0.583. The highest BCUT2D eigenvalue weighted by Gasteiger charge is 2.15. The maximum Gasteiger partial charge on any atom is 0.342 e. The molecule has 2 rings (SSSR count). The summed E-state index contributed by atoms with van der Waals surface area (Å²) in [5, 5.41) is 2.36. The number of ether oxygens (including phenoxy) is 2. The Kier molecular flexibility index (Phi) is 5.38. The number of nitrogens with zero attached hydrogens (tertiary/aromatic N) is 2. The second-order valence-electron chi connectivity index (χ2n) is 5.09. The van der Waals surface area contributed by atoms with Crippen LogP contribution in [0, 0.1) is 0 Å². The standard InChI is InChI=1S/C16H17N3O6/c1-18-12(8-14(21)19(2)16(18)23)17-13(20)9-25-15(22)10-6-4-5-7-11(10)24-3/h4-8H,9H2,1-3H3,(H,17,20). The molecule has 0 spiro atoms. The largest absolute Gasteiger partial charge is 0.496 e. The van der Waals surface area contributed by atoms with Crippen molar-refractivity contribution in [2.75, 3.05) is 19.0 Å². The maximum atomic E-state index is 12.0. The second kappa shape index (κ2) is 7.47. The molecule has 0 atom stereocenters. The number of hydrogen-bond acceptors (Lipinski definition) is 6. The van der Waals surface area contributed by atoms with Gasteiger partial charge in [0, 0.05) is 20.2 Å². The van der Waals surface area contributed by atoms with Crippen molar-refractivity contribution in [2.24, 2.45) is 14.1 Å². The van der Waals surface area contributed by atoms with Gasteiger partial charge in [-0.2, -0.15) is 0 Å². The Balaban J connectivity index is 2.06. The molecule has 0 aliphatic rings. The first-order chi connectivity index (χ1) is 11.8. The van der Waals surface area contributed by atoms with Crippen LogP contribution in [0.3, 0.4) is 0 Å². The number of methoxy groups -OCH3 is 1. The summed E-state index contributed by atoms with van der Waals surface area (Å²) in [4.78, 5) is 47.3. The number of aromatic nitrogens is 2. The lowest BCUT2D eigenvalue weighted by Crippen LogP contribution is -2.38. The smallest absolute Gasteiger partial charge is 0.342 e. The van der Waals surface area contributed by atoms with Crippen molar-refractivity contribution in [2.45, 2.75) is 0 Å². The molecule has 132 valence electrons. The second-order valence-corrected chi connectivity index (χ2v) is 5.09. The van der Waals surface area contributed by atoms with E-state index in [2.05, 4.69) is 5.32 Å². The number of rotatable bonds is 5. The zero-order valence-corrected chi connectivity index (χ0v) is 13.9. The van der Waals surface area contributed by atoms with Crippen molar-refractivity contribution in [3.8, 4) is 5.75 Å². The number of nitrogens with one attached hydrogen (secondary N) is 1. The fourth-order valence-electron chi connectivity index (χ4n) is 2.05. The van der Waals surface area contributed by atoms with Gasteiger partial charge >= 0.3 is 11.7 Å². The highest BCUT2D eigenvalue weighted by atomic mass is 16.5. The highest BCUT2D eigenvalue weighted by molar-refractivity contribution is 5.96. The monoisotopic (exact) mass is 347 g/mol. The lowest BCUT2D eigenvalue weighted by molar-refractivity contribution is -0.119. The van der Waals surface area contributed by atoms with Gasteiger partial charge in [-0.15, -0.1) is 0 Å². The summed E-state index contributed by atoms with van der Waals surface area (Å²) >= 11 is 0. The van der Waals surface area contributed by atoms with Crippen molar-refractivity contribution in [3.63, 3.8) is 0 Å². The molecular weight excluding hydrogens is 330 g/mol. The van der Waals surface area contributed by atoms with Crippen LogP contribution in [0.4, 0.5) is 5.82 Å². The predicted molar refractivity (Wildman–Crippen MR) is 88.8 cm³/mol. The quantitative estimate of drug-likeness (QED) is 0.756. The Morgan fingerprint density at radius 2 is 1.80 bits per heavy atom. The Labute approximate surface area is 142 Å².